The number of primary sulfonamides is 1. The molecule has 0 aromatic heterocycles. The van der Waals surface area contributed by atoms with Crippen LogP contribution >= 0.6 is 0 Å². The molecule has 1 aromatic rings. The predicted octanol–water partition coefficient (Wildman–Crippen LogP) is 0.412. The molecular formula is C13H19N3O3S. The molecule has 7 heteroatoms. The third-order valence-corrected chi connectivity index (χ3v) is 4.19. The molecule has 2 atom stereocenters. The molecule has 1 fully saturated rings. The molecule has 0 saturated carbocycles. The molecule has 1 aromatic carbocycles. The quantitative estimate of drug-likeness (QED) is 0.749. The number of amides is 1. The van der Waals surface area contributed by atoms with Crippen molar-refractivity contribution < 1.29 is 13.2 Å². The highest BCUT2D eigenvalue weighted by Gasteiger charge is 2.29. The first-order chi connectivity index (χ1) is 9.35. The van der Waals surface area contributed by atoms with Gasteiger partial charge in [0.2, 0.25) is 15.9 Å². The molecular weight excluding hydrogens is 278 g/mol. The van der Waals surface area contributed by atoms with Crippen molar-refractivity contribution >= 4 is 21.6 Å². The van der Waals surface area contributed by atoms with E-state index in [1.165, 1.54) is 0 Å². The van der Waals surface area contributed by atoms with Gasteiger partial charge in [-0.15, -0.1) is 0 Å². The van der Waals surface area contributed by atoms with Gasteiger partial charge in [0.15, 0.2) is 0 Å². The molecule has 1 saturated heterocycles. The Bertz CT molecular complexity index is 583. The van der Waals surface area contributed by atoms with Crippen molar-refractivity contribution in [2.45, 2.75) is 25.1 Å². The number of benzene rings is 1. The first-order valence-electron chi connectivity index (χ1n) is 6.49. The largest absolute Gasteiger partial charge is 0.326 e. The van der Waals surface area contributed by atoms with Gasteiger partial charge >= 0.3 is 0 Å². The van der Waals surface area contributed by atoms with E-state index in [1.807, 2.05) is 6.92 Å². The molecule has 1 aliphatic heterocycles. The highest BCUT2D eigenvalue weighted by atomic mass is 32.2. The predicted molar refractivity (Wildman–Crippen MR) is 77.5 cm³/mol. The summed E-state index contributed by atoms with van der Waals surface area (Å²) in [5.41, 5.74) is 1.26. The lowest BCUT2D eigenvalue weighted by Crippen LogP contribution is -2.32. The Morgan fingerprint density at radius 3 is 2.55 bits per heavy atom. The number of hydrogen-bond donors (Lipinski definition) is 3. The fourth-order valence-corrected chi connectivity index (χ4v) is 3.03. The molecule has 20 heavy (non-hydrogen) atoms. The van der Waals surface area contributed by atoms with Crippen molar-refractivity contribution in [3.63, 3.8) is 0 Å². The number of rotatable bonds is 4. The molecule has 0 radical (unpaired) electrons. The van der Waals surface area contributed by atoms with E-state index in [9.17, 15) is 13.2 Å². The molecule has 2 unspecified atom stereocenters. The van der Waals surface area contributed by atoms with Gasteiger partial charge in [0.1, 0.15) is 0 Å². The van der Waals surface area contributed by atoms with E-state index >= 15 is 0 Å². The van der Waals surface area contributed by atoms with Crippen LogP contribution < -0.4 is 15.8 Å². The van der Waals surface area contributed by atoms with Gasteiger partial charge in [-0.3, -0.25) is 4.79 Å². The second-order valence-corrected chi connectivity index (χ2v) is 6.75. The number of nitrogens with one attached hydrogen (secondary N) is 2. The van der Waals surface area contributed by atoms with Crippen LogP contribution in [-0.2, 0) is 20.6 Å². The number of carbonyl (C=O) groups is 1. The van der Waals surface area contributed by atoms with E-state index in [4.69, 9.17) is 5.14 Å². The van der Waals surface area contributed by atoms with Crippen LogP contribution in [-0.4, -0.2) is 26.9 Å². The van der Waals surface area contributed by atoms with Crippen molar-refractivity contribution in [3.05, 3.63) is 29.8 Å². The summed E-state index contributed by atoms with van der Waals surface area (Å²) in [4.78, 5) is 12.1. The van der Waals surface area contributed by atoms with Gasteiger partial charge in [0.05, 0.1) is 11.7 Å². The number of anilines is 1. The van der Waals surface area contributed by atoms with E-state index < -0.39 is 10.0 Å². The number of nitrogens with two attached hydrogens (primary N) is 1. The average Bonchev–Trinajstić information content (AvgIpc) is 2.76. The van der Waals surface area contributed by atoms with Crippen molar-refractivity contribution in [2.24, 2.45) is 11.1 Å². The van der Waals surface area contributed by atoms with Gasteiger partial charge < -0.3 is 10.6 Å². The van der Waals surface area contributed by atoms with Crippen LogP contribution in [0.4, 0.5) is 5.69 Å². The summed E-state index contributed by atoms with van der Waals surface area (Å²) in [6.07, 6.45) is 0.830. The Morgan fingerprint density at radius 1 is 1.40 bits per heavy atom. The molecule has 6 nitrogen and oxygen atoms in total. The molecule has 1 heterocycles. The molecule has 4 N–H and O–H groups in total. The minimum absolute atomic E-state index is 0.0123. The summed E-state index contributed by atoms with van der Waals surface area (Å²) in [5.74, 6) is -0.244. The van der Waals surface area contributed by atoms with Gasteiger partial charge in [-0.1, -0.05) is 12.1 Å². The zero-order valence-electron chi connectivity index (χ0n) is 11.3. The third-order valence-electron chi connectivity index (χ3n) is 3.45. The summed E-state index contributed by atoms with van der Waals surface area (Å²) in [6, 6.07) is 6.85. The van der Waals surface area contributed by atoms with Gasteiger partial charge in [-0.05, 0) is 37.6 Å². The zero-order chi connectivity index (χ0) is 14.8. The Labute approximate surface area is 118 Å². The standard InChI is InChI=1S/C13H19N3O3S/c1-9-12(6-7-15-9)13(17)16-11-4-2-10(3-5-11)8-20(14,18)19/h2-5,9,12,15H,6-8H2,1H3,(H,16,17)(H2,14,18,19). The van der Waals surface area contributed by atoms with E-state index in [-0.39, 0.29) is 23.6 Å². The van der Waals surface area contributed by atoms with Crippen molar-refractivity contribution in [2.75, 3.05) is 11.9 Å². The second kappa shape index (κ2) is 5.90. The Morgan fingerprint density at radius 2 is 2.05 bits per heavy atom. The zero-order valence-corrected chi connectivity index (χ0v) is 12.1. The van der Waals surface area contributed by atoms with E-state index in [2.05, 4.69) is 10.6 Å². The SMILES string of the molecule is CC1NCCC1C(=O)Nc1ccc(CS(N)(=O)=O)cc1. The van der Waals surface area contributed by atoms with Gasteiger partial charge in [0.25, 0.3) is 0 Å². The Balaban J connectivity index is 1.98. The normalized spacial score (nSPS) is 22.7. The minimum Gasteiger partial charge on any atom is -0.326 e. The summed E-state index contributed by atoms with van der Waals surface area (Å²) >= 11 is 0. The molecule has 1 amide bonds. The summed E-state index contributed by atoms with van der Waals surface area (Å²) < 4.78 is 21.9. The molecule has 0 bridgehead atoms. The van der Waals surface area contributed by atoms with Crippen LogP contribution in [0.2, 0.25) is 0 Å². The highest BCUT2D eigenvalue weighted by Crippen LogP contribution is 2.18. The first kappa shape index (κ1) is 15.0. The molecule has 2 rings (SSSR count). The lowest BCUT2D eigenvalue weighted by atomic mass is 10.0. The van der Waals surface area contributed by atoms with Crippen LogP contribution in [0.15, 0.2) is 24.3 Å². The molecule has 0 aliphatic carbocycles. The van der Waals surface area contributed by atoms with E-state index in [0.717, 1.165) is 13.0 Å². The lowest BCUT2D eigenvalue weighted by Gasteiger charge is -2.15. The highest BCUT2D eigenvalue weighted by molar-refractivity contribution is 7.88. The van der Waals surface area contributed by atoms with Crippen LogP contribution in [0, 0.1) is 5.92 Å². The monoisotopic (exact) mass is 297 g/mol. The van der Waals surface area contributed by atoms with Crippen LogP contribution in [0.25, 0.3) is 0 Å². The van der Waals surface area contributed by atoms with Gasteiger partial charge in [-0.2, -0.15) is 0 Å². The summed E-state index contributed by atoms with van der Waals surface area (Å²) in [5, 5.41) is 11.1. The number of sulfonamides is 1. The first-order valence-corrected chi connectivity index (χ1v) is 8.20. The molecule has 0 spiro atoms. The summed E-state index contributed by atoms with van der Waals surface area (Å²) in [6.45, 7) is 2.85. The maximum absolute atomic E-state index is 12.1. The number of hydrogen-bond acceptors (Lipinski definition) is 4. The lowest BCUT2D eigenvalue weighted by molar-refractivity contribution is -0.120. The van der Waals surface area contributed by atoms with Crippen LogP contribution in [0.5, 0.6) is 0 Å². The second-order valence-electron chi connectivity index (χ2n) is 5.13. The van der Waals surface area contributed by atoms with Crippen LogP contribution in [0.3, 0.4) is 0 Å². The third kappa shape index (κ3) is 4.03. The van der Waals surface area contributed by atoms with E-state index in [1.54, 1.807) is 24.3 Å². The van der Waals surface area contributed by atoms with Crippen LogP contribution in [0.1, 0.15) is 18.9 Å². The average molecular weight is 297 g/mol. The Hall–Kier alpha value is -1.44. The van der Waals surface area contributed by atoms with Crippen molar-refractivity contribution in [1.82, 2.24) is 5.32 Å². The smallest absolute Gasteiger partial charge is 0.229 e. The maximum atomic E-state index is 12.1. The fourth-order valence-electron chi connectivity index (χ4n) is 2.37. The number of carbonyl (C=O) groups excluding carboxylic acids is 1. The molecule has 110 valence electrons. The maximum Gasteiger partial charge on any atom is 0.229 e. The minimum atomic E-state index is -3.53. The fraction of sp³-hybridized carbons (Fsp3) is 0.462. The van der Waals surface area contributed by atoms with Crippen molar-refractivity contribution in [3.8, 4) is 0 Å². The van der Waals surface area contributed by atoms with Gasteiger partial charge in [0, 0.05) is 11.7 Å². The van der Waals surface area contributed by atoms with Gasteiger partial charge in [-0.25, -0.2) is 13.6 Å². The topological polar surface area (TPSA) is 101 Å². The molecule has 1 aliphatic rings. The summed E-state index contributed by atoms with van der Waals surface area (Å²) in [7, 11) is -3.53. The Kier molecular flexibility index (Phi) is 4.42. The van der Waals surface area contributed by atoms with E-state index in [0.29, 0.717) is 11.3 Å². The van der Waals surface area contributed by atoms with Crippen molar-refractivity contribution in [1.29, 1.82) is 0 Å².